The summed E-state index contributed by atoms with van der Waals surface area (Å²) in [6, 6.07) is 11.7. The van der Waals surface area contributed by atoms with Crippen LogP contribution < -0.4 is 9.47 Å². The summed E-state index contributed by atoms with van der Waals surface area (Å²) >= 11 is 5.93. The van der Waals surface area contributed by atoms with E-state index >= 15 is 0 Å². The van der Waals surface area contributed by atoms with Gasteiger partial charge in [0.15, 0.2) is 0 Å². The van der Waals surface area contributed by atoms with Gasteiger partial charge in [0, 0.05) is 0 Å². The zero-order valence-corrected chi connectivity index (χ0v) is 14.7. The van der Waals surface area contributed by atoms with Gasteiger partial charge in [-0.3, -0.25) is 0 Å². The van der Waals surface area contributed by atoms with Gasteiger partial charge in [-0.05, 0) is 57.0 Å². The van der Waals surface area contributed by atoms with E-state index in [-0.39, 0.29) is 0 Å². The van der Waals surface area contributed by atoms with Crippen molar-refractivity contribution < 1.29 is 19.1 Å². The molecule has 7 heteroatoms. The highest BCUT2D eigenvalue weighted by Gasteiger charge is 2.14. The molecule has 0 spiro atoms. The molecule has 0 atom stereocenters. The summed E-state index contributed by atoms with van der Waals surface area (Å²) in [5, 5.41) is 3.61. The zero-order valence-electron chi connectivity index (χ0n) is 11.5. The summed E-state index contributed by atoms with van der Waals surface area (Å²) in [5.41, 5.74) is 0. The molecule has 0 amide bonds. The molecule has 0 N–H and O–H groups in total. The monoisotopic (exact) mass is 408 g/mol. The summed E-state index contributed by atoms with van der Waals surface area (Å²) in [6.07, 6.45) is 0. The van der Waals surface area contributed by atoms with Gasteiger partial charge < -0.3 is 9.47 Å². The molecule has 116 valence electrons. The summed E-state index contributed by atoms with van der Waals surface area (Å²) in [4.78, 5) is 24.9. The minimum Gasteiger partial charge on any atom is -0.422 e. The number of rotatable bonds is 4. The van der Waals surface area contributed by atoms with Gasteiger partial charge in [0.1, 0.15) is 21.3 Å². The lowest BCUT2D eigenvalue weighted by Crippen LogP contribution is -2.08. The van der Waals surface area contributed by atoms with Crippen LogP contribution in [-0.2, 0) is 0 Å². The van der Waals surface area contributed by atoms with Gasteiger partial charge in [-0.25, -0.2) is 9.59 Å². The highest BCUT2D eigenvalue weighted by Crippen LogP contribution is 2.30. The standard InChI is InChI=1S/C16H9BrO4S2/c17-11-9-10(20-15(18)13-3-1-7-22-13)5-6-12(11)21-16(19)14-4-2-8-23-14/h1-9H. The Hall–Kier alpha value is -1.96. The third-order valence-electron chi connectivity index (χ3n) is 2.76. The quantitative estimate of drug-likeness (QED) is 0.449. The van der Waals surface area contributed by atoms with E-state index in [0.29, 0.717) is 25.7 Å². The number of carbonyl (C=O) groups excluding carboxylic acids is 2. The molecule has 1 aromatic carbocycles. The Labute approximate surface area is 148 Å². The number of halogens is 1. The molecule has 0 unspecified atom stereocenters. The van der Waals surface area contributed by atoms with Crippen LogP contribution in [0.3, 0.4) is 0 Å². The summed E-state index contributed by atoms with van der Waals surface area (Å²) < 4.78 is 11.1. The van der Waals surface area contributed by atoms with E-state index in [1.165, 1.54) is 22.7 Å². The van der Waals surface area contributed by atoms with Crippen molar-refractivity contribution in [3.63, 3.8) is 0 Å². The molecule has 0 bridgehead atoms. The molecule has 3 rings (SSSR count). The predicted octanol–water partition coefficient (Wildman–Crippen LogP) is 5.01. The lowest BCUT2D eigenvalue weighted by molar-refractivity contribution is 0.0723. The Morgan fingerprint density at radius 2 is 1.48 bits per heavy atom. The fourth-order valence-electron chi connectivity index (χ4n) is 1.72. The van der Waals surface area contributed by atoms with Gasteiger partial charge in [0.25, 0.3) is 0 Å². The average Bonchev–Trinajstić information content (AvgIpc) is 3.23. The molecule has 0 fully saturated rings. The molecule has 0 saturated heterocycles. The number of ether oxygens (including phenoxy) is 2. The largest absolute Gasteiger partial charge is 0.422 e. The molecule has 2 aromatic heterocycles. The number of hydrogen-bond acceptors (Lipinski definition) is 6. The summed E-state index contributed by atoms with van der Waals surface area (Å²) in [7, 11) is 0. The molecule has 3 aromatic rings. The molecular formula is C16H9BrO4S2. The van der Waals surface area contributed by atoms with Crippen LogP contribution in [0, 0.1) is 0 Å². The SMILES string of the molecule is O=C(Oc1ccc(OC(=O)c2cccs2)c(Br)c1)c1cccs1. The second kappa shape index (κ2) is 7.08. The van der Waals surface area contributed by atoms with Crippen molar-refractivity contribution in [2.24, 2.45) is 0 Å². The van der Waals surface area contributed by atoms with Gasteiger partial charge in [0.2, 0.25) is 0 Å². The smallest absolute Gasteiger partial charge is 0.353 e. The average molecular weight is 409 g/mol. The van der Waals surface area contributed by atoms with Crippen LogP contribution in [0.15, 0.2) is 57.7 Å². The third-order valence-corrected chi connectivity index (χ3v) is 5.08. The van der Waals surface area contributed by atoms with Crippen LogP contribution >= 0.6 is 38.6 Å². The minimum absolute atomic E-state index is 0.360. The lowest BCUT2D eigenvalue weighted by atomic mass is 10.3. The molecule has 23 heavy (non-hydrogen) atoms. The molecule has 0 saturated carbocycles. The number of esters is 2. The van der Waals surface area contributed by atoms with E-state index in [2.05, 4.69) is 15.9 Å². The van der Waals surface area contributed by atoms with E-state index in [9.17, 15) is 9.59 Å². The van der Waals surface area contributed by atoms with E-state index in [0.717, 1.165) is 0 Å². The maximum Gasteiger partial charge on any atom is 0.353 e. The molecule has 0 radical (unpaired) electrons. The van der Waals surface area contributed by atoms with E-state index in [1.54, 1.807) is 53.2 Å². The maximum absolute atomic E-state index is 11.9. The van der Waals surface area contributed by atoms with Crippen LogP contribution in [0.1, 0.15) is 19.3 Å². The Morgan fingerprint density at radius 1 is 0.870 bits per heavy atom. The van der Waals surface area contributed by atoms with Gasteiger partial charge in [-0.15, -0.1) is 22.7 Å². The van der Waals surface area contributed by atoms with Crippen molar-refractivity contribution in [2.45, 2.75) is 0 Å². The first-order chi connectivity index (χ1) is 11.1. The minimum atomic E-state index is -0.427. The summed E-state index contributed by atoms with van der Waals surface area (Å²) in [6.45, 7) is 0. The number of hydrogen-bond donors (Lipinski definition) is 0. The molecule has 0 aliphatic heterocycles. The molecule has 0 aliphatic carbocycles. The fraction of sp³-hybridized carbons (Fsp3) is 0. The van der Waals surface area contributed by atoms with Gasteiger partial charge in [-0.2, -0.15) is 0 Å². The second-order valence-electron chi connectivity index (χ2n) is 4.33. The van der Waals surface area contributed by atoms with Crippen molar-refractivity contribution in [3.05, 3.63) is 67.5 Å². The van der Waals surface area contributed by atoms with E-state index < -0.39 is 11.9 Å². The van der Waals surface area contributed by atoms with Crippen LogP contribution in [0.25, 0.3) is 0 Å². The second-order valence-corrected chi connectivity index (χ2v) is 7.08. The first kappa shape index (κ1) is 15.9. The van der Waals surface area contributed by atoms with Crippen LogP contribution in [0.5, 0.6) is 11.5 Å². The first-order valence-electron chi connectivity index (χ1n) is 6.44. The molecule has 4 nitrogen and oxygen atoms in total. The third kappa shape index (κ3) is 3.87. The van der Waals surface area contributed by atoms with Crippen LogP contribution in [0.2, 0.25) is 0 Å². The van der Waals surface area contributed by atoms with E-state index in [4.69, 9.17) is 9.47 Å². The summed E-state index contributed by atoms with van der Waals surface area (Å²) in [5.74, 6) is -0.121. The van der Waals surface area contributed by atoms with Crippen molar-refractivity contribution in [2.75, 3.05) is 0 Å². The Morgan fingerprint density at radius 3 is 2.00 bits per heavy atom. The normalized spacial score (nSPS) is 10.3. The topological polar surface area (TPSA) is 52.6 Å². The van der Waals surface area contributed by atoms with Gasteiger partial charge in [-0.1, -0.05) is 12.1 Å². The molecule has 0 aliphatic rings. The van der Waals surface area contributed by atoms with Gasteiger partial charge >= 0.3 is 11.9 Å². The highest BCUT2D eigenvalue weighted by atomic mass is 79.9. The van der Waals surface area contributed by atoms with E-state index in [1.807, 2.05) is 0 Å². The van der Waals surface area contributed by atoms with Crippen molar-refractivity contribution in [1.29, 1.82) is 0 Å². The Bertz CT molecular complexity index is 826. The number of carbonyl (C=O) groups is 2. The fourth-order valence-corrected chi connectivity index (χ4v) is 3.36. The van der Waals surface area contributed by atoms with Crippen molar-refractivity contribution in [3.8, 4) is 11.5 Å². The lowest BCUT2D eigenvalue weighted by Gasteiger charge is -2.08. The number of benzene rings is 1. The predicted molar refractivity (Wildman–Crippen MR) is 92.7 cm³/mol. The van der Waals surface area contributed by atoms with Crippen molar-refractivity contribution in [1.82, 2.24) is 0 Å². The number of thiophene rings is 2. The molecular weight excluding hydrogens is 400 g/mol. The zero-order chi connectivity index (χ0) is 16.2. The molecule has 2 heterocycles. The van der Waals surface area contributed by atoms with Crippen LogP contribution in [0.4, 0.5) is 0 Å². The maximum atomic E-state index is 11.9. The Balaban J connectivity index is 1.71. The van der Waals surface area contributed by atoms with Crippen molar-refractivity contribution >= 4 is 50.5 Å². The highest BCUT2D eigenvalue weighted by molar-refractivity contribution is 9.10. The van der Waals surface area contributed by atoms with Crippen LogP contribution in [-0.4, -0.2) is 11.9 Å². The van der Waals surface area contributed by atoms with Gasteiger partial charge in [0.05, 0.1) is 4.47 Å². The Kier molecular flexibility index (Phi) is 4.90. The first-order valence-corrected chi connectivity index (χ1v) is 8.99.